The molecule has 1 heterocycles. The Hall–Kier alpha value is -6.64. The molecular formula is C51H36N2. The molecule has 0 radical (unpaired) electrons. The van der Waals surface area contributed by atoms with Gasteiger partial charge in [-0.3, -0.25) is 0 Å². The second-order valence-electron chi connectivity index (χ2n) is 14.6. The van der Waals surface area contributed by atoms with Gasteiger partial charge in [0.15, 0.2) is 5.82 Å². The van der Waals surface area contributed by atoms with Crippen molar-refractivity contribution in [3.05, 3.63) is 193 Å². The van der Waals surface area contributed by atoms with Crippen LogP contribution in [0, 0.1) is 0 Å². The van der Waals surface area contributed by atoms with Gasteiger partial charge in [0.05, 0.1) is 11.4 Å². The molecule has 1 aliphatic rings. The molecule has 0 bridgehead atoms. The molecule has 53 heavy (non-hydrogen) atoms. The SMILES string of the molecule is CC1(C)c2ccccc2-c2ccc(-c3cccc(-c4ccc(-c5cc(-c6ccc7ccccc7c6)nc(-c6ccccc6)n5)c5ccccc45)c3)cc21. The molecule has 0 saturated heterocycles. The smallest absolute Gasteiger partial charge is 0.160 e. The third kappa shape index (κ3) is 5.26. The predicted molar refractivity (Wildman–Crippen MR) is 222 cm³/mol. The molecule has 0 amide bonds. The van der Waals surface area contributed by atoms with Crippen LogP contribution in [0.5, 0.6) is 0 Å². The van der Waals surface area contributed by atoms with Crippen molar-refractivity contribution >= 4 is 21.5 Å². The summed E-state index contributed by atoms with van der Waals surface area (Å²) in [6, 6.07) is 65.5. The molecule has 250 valence electrons. The van der Waals surface area contributed by atoms with Crippen molar-refractivity contribution in [1.82, 2.24) is 9.97 Å². The molecule has 8 aromatic carbocycles. The maximum absolute atomic E-state index is 5.21. The van der Waals surface area contributed by atoms with E-state index in [1.807, 2.05) is 18.2 Å². The Morgan fingerprint density at radius 2 is 0.943 bits per heavy atom. The van der Waals surface area contributed by atoms with Gasteiger partial charge in [0.2, 0.25) is 0 Å². The van der Waals surface area contributed by atoms with Crippen molar-refractivity contribution in [2.75, 3.05) is 0 Å². The Kier molecular flexibility index (Phi) is 7.19. The minimum absolute atomic E-state index is 0.0406. The lowest BCUT2D eigenvalue weighted by molar-refractivity contribution is 0.660. The van der Waals surface area contributed by atoms with Crippen LogP contribution in [-0.4, -0.2) is 9.97 Å². The van der Waals surface area contributed by atoms with Gasteiger partial charge in [-0.25, -0.2) is 9.97 Å². The van der Waals surface area contributed by atoms with Crippen LogP contribution in [0.4, 0.5) is 0 Å². The van der Waals surface area contributed by atoms with Gasteiger partial charge < -0.3 is 0 Å². The lowest BCUT2D eigenvalue weighted by atomic mass is 9.81. The van der Waals surface area contributed by atoms with Crippen LogP contribution in [0.15, 0.2) is 182 Å². The highest BCUT2D eigenvalue weighted by atomic mass is 14.9. The van der Waals surface area contributed by atoms with Crippen LogP contribution < -0.4 is 0 Å². The Balaban J connectivity index is 1.09. The topological polar surface area (TPSA) is 25.8 Å². The van der Waals surface area contributed by atoms with Gasteiger partial charge in [-0.1, -0.05) is 172 Å². The second-order valence-corrected chi connectivity index (χ2v) is 14.6. The van der Waals surface area contributed by atoms with Crippen LogP contribution in [0.2, 0.25) is 0 Å². The Morgan fingerprint density at radius 1 is 0.340 bits per heavy atom. The van der Waals surface area contributed by atoms with E-state index in [4.69, 9.17) is 9.97 Å². The second kappa shape index (κ2) is 12.3. The Labute approximate surface area is 310 Å². The van der Waals surface area contributed by atoms with Crippen LogP contribution in [0.1, 0.15) is 25.0 Å². The number of rotatable bonds is 5. The standard InChI is InChI=1S/C51H36N2/c1-51(2)46-22-11-10-21-43(46)44-26-25-37(31-47(44)51)36-17-12-18-38(29-36)40-27-28-45(42-20-9-8-19-41(40)42)49-32-48(52-50(53-49)34-14-4-3-5-15-34)39-24-23-33-13-6-7-16-35(33)30-39/h3-32H,1-2H3. The molecule has 10 rings (SSSR count). The fourth-order valence-electron chi connectivity index (χ4n) is 8.32. The van der Waals surface area contributed by atoms with Crippen LogP contribution in [-0.2, 0) is 5.41 Å². The maximum atomic E-state index is 5.21. The van der Waals surface area contributed by atoms with Gasteiger partial charge in [0.1, 0.15) is 0 Å². The fourth-order valence-corrected chi connectivity index (χ4v) is 8.32. The van der Waals surface area contributed by atoms with E-state index in [1.165, 1.54) is 60.7 Å². The first-order chi connectivity index (χ1) is 26.0. The van der Waals surface area contributed by atoms with Crippen LogP contribution in [0.3, 0.4) is 0 Å². The number of fused-ring (bicyclic) bond motifs is 5. The highest BCUT2D eigenvalue weighted by Gasteiger charge is 2.35. The summed E-state index contributed by atoms with van der Waals surface area (Å²) >= 11 is 0. The van der Waals surface area contributed by atoms with Gasteiger partial charge >= 0.3 is 0 Å². The summed E-state index contributed by atoms with van der Waals surface area (Å²) in [5.74, 6) is 0.715. The highest BCUT2D eigenvalue weighted by molar-refractivity contribution is 6.05. The van der Waals surface area contributed by atoms with Crippen molar-refractivity contribution in [2.45, 2.75) is 19.3 Å². The van der Waals surface area contributed by atoms with E-state index in [0.717, 1.165) is 33.5 Å². The molecule has 0 N–H and O–H groups in total. The van der Waals surface area contributed by atoms with E-state index in [0.29, 0.717) is 5.82 Å². The molecule has 1 aromatic heterocycles. The molecule has 0 unspecified atom stereocenters. The van der Waals surface area contributed by atoms with Gasteiger partial charge in [-0.2, -0.15) is 0 Å². The number of nitrogens with zero attached hydrogens (tertiary/aromatic N) is 2. The van der Waals surface area contributed by atoms with E-state index in [9.17, 15) is 0 Å². The molecule has 0 atom stereocenters. The lowest BCUT2D eigenvalue weighted by Crippen LogP contribution is -2.14. The van der Waals surface area contributed by atoms with Crippen LogP contribution in [0.25, 0.3) is 88.8 Å². The van der Waals surface area contributed by atoms with Gasteiger partial charge in [0.25, 0.3) is 0 Å². The summed E-state index contributed by atoms with van der Waals surface area (Å²) in [7, 11) is 0. The monoisotopic (exact) mass is 676 g/mol. The van der Waals surface area contributed by atoms with Gasteiger partial charge in [-0.15, -0.1) is 0 Å². The zero-order valence-electron chi connectivity index (χ0n) is 29.7. The first-order valence-corrected chi connectivity index (χ1v) is 18.3. The normalized spacial score (nSPS) is 12.9. The number of aromatic nitrogens is 2. The summed E-state index contributed by atoms with van der Waals surface area (Å²) < 4.78 is 0. The zero-order valence-corrected chi connectivity index (χ0v) is 29.7. The molecule has 0 fully saturated rings. The van der Waals surface area contributed by atoms with Gasteiger partial charge in [0, 0.05) is 22.1 Å². The first-order valence-electron chi connectivity index (χ1n) is 18.3. The third-order valence-corrected chi connectivity index (χ3v) is 11.1. The summed E-state index contributed by atoms with van der Waals surface area (Å²) in [5, 5.41) is 4.76. The summed E-state index contributed by atoms with van der Waals surface area (Å²) in [6.45, 7) is 4.69. The molecular weight excluding hydrogens is 641 g/mol. The first kappa shape index (κ1) is 31.1. The molecule has 0 saturated carbocycles. The molecule has 1 aliphatic carbocycles. The quantitative estimate of drug-likeness (QED) is 0.181. The van der Waals surface area contributed by atoms with E-state index < -0.39 is 0 Å². The van der Waals surface area contributed by atoms with Gasteiger partial charge in [-0.05, 0) is 90.3 Å². The van der Waals surface area contributed by atoms with Crippen molar-refractivity contribution < 1.29 is 0 Å². The number of hydrogen-bond acceptors (Lipinski definition) is 2. The molecule has 0 spiro atoms. The zero-order chi connectivity index (χ0) is 35.5. The molecule has 2 nitrogen and oxygen atoms in total. The number of benzene rings is 8. The van der Waals surface area contributed by atoms with E-state index in [1.54, 1.807) is 0 Å². The van der Waals surface area contributed by atoms with Crippen LogP contribution >= 0.6 is 0 Å². The Morgan fingerprint density at radius 3 is 1.81 bits per heavy atom. The summed E-state index contributed by atoms with van der Waals surface area (Å²) in [6.07, 6.45) is 0. The van der Waals surface area contributed by atoms with E-state index in [-0.39, 0.29) is 5.41 Å². The van der Waals surface area contributed by atoms with Crippen molar-refractivity contribution in [3.63, 3.8) is 0 Å². The van der Waals surface area contributed by atoms with Crippen molar-refractivity contribution in [1.29, 1.82) is 0 Å². The average Bonchev–Trinajstić information content (AvgIpc) is 3.45. The predicted octanol–water partition coefficient (Wildman–Crippen LogP) is 13.4. The minimum atomic E-state index is -0.0406. The Bertz CT molecular complexity index is 2870. The third-order valence-electron chi connectivity index (χ3n) is 11.1. The minimum Gasteiger partial charge on any atom is -0.228 e. The van der Waals surface area contributed by atoms with Crippen molar-refractivity contribution in [2.24, 2.45) is 0 Å². The largest absolute Gasteiger partial charge is 0.228 e. The molecule has 9 aromatic rings. The fraction of sp³-hybridized carbons (Fsp3) is 0.0588. The molecule has 0 aliphatic heterocycles. The average molecular weight is 677 g/mol. The van der Waals surface area contributed by atoms with E-state index in [2.05, 4.69) is 178 Å². The van der Waals surface area contributed by atoms with E-state index >= 15 is 0 Å². The lowest BCUT2D eigenvalue weighted by Gasteiger charge is -2.22. The van der Waals surface area contributed by atoms with Crippen molar-refractivity contribution in [3.8, 4) is 67.3 Å². The summed E-state index contributed by atoms with van der Waals surface area (Å²) in [5.41, 5.74) is 15.2. The highest BCUT2D eigenvalue weighted by Crippen LogP contribution is 2.49. The number of hydrogen-bond donors (Lipinski definition) is 0. The maximum Gasteiger partial charge on any atom is 0.160 e. The summed E-state index contributed by atoms with van der Waals surface area (Å²) in [4.78, 5) is 10.3. The molecule has 2 heteroatoms.